The normalized spacial score (nSPS) is 15.0. The molecule has 1 amide bonds. The maximum absolute atomic E-state index is 12.4. The molecule has 0 aromatic heterocycles. The van der Waals surface area contributed by atoms with E-state index in [-0.39, 0.29) is 12.5 Å². The van der Waals surface area contributed by atoms with Crippen LogP contribution >= 0.6 is 0 Å². The Morgan fingerprint density at radius 3 is 2.77 bits per heavy atom. The SMILES string of the molecule is O=C(CNC1=CCC=CC1)Nc1cccc2c1CCc1ccccc1N2. The lowest BCUT2D eigenvalue weighted by Gasteiger charge is -2.16. The van der Waals surface area contributed by atoms with E-state index in [1.807, 2.05) is 18.2 Å². The number of nitrogens with one attached hydrogen (secondary N) is 3. The summed E-state index contributed by atoms with van der Waals surface area (Å²) in [6, 6.07) is 14.4. The fourth-order valence-corrected chi connectivity index (χ4v) is 3.49. The number of allylic oxidation sites excluding steroid dienone is 3. The van der Waals surface area contributed by atoms with Crippen LogP contribution in [0.1, 0.15) is 24.0 Å². The molecule has 0 saturated heterocycles. The number of carbonyl (C=O) groups excluding carboxylic acids is 1. The highest BCUT2D eigenvalue weighted by Crippen LogP contribution is 2.33. The van der Waals surface area contributed by atoms with Crippen LogP contribution in [0.2, 0.25) is 0 Å². The van der Waals surface area contributed by atoms with Crippen molar-refractivity contribution in [2.75, 3.05) is 17.2 Å². The quantitative estimate of drug-likeness (QED) is 0.725. The van der Waals surface area contributed by atoms with Gasteiger partial charge in [0.05, 0.1) is 6.54 Å². The van der Waals surface area contributed by atoms with Crippen molar-refractivity contribution in [3.8, 4) is 0 Å². The van der Waals surface area contributed by atoms with Crippen LogP contribution in [0.4, 0.5) is 17.1 Å². The Balaban J connectivity index is 1.46. The molecule has 2 aromatic carbocycles. The molecule has 4 nitrogen and oxygen atoms in total. The van der Waals surface area contributed by atoms with Crippen molar-refractivity contribution in [2.24, 2.45) is 0 Å². The second kappa shape index (κ2) is 7.48. The van der Waals surface area contributed by atoms with Gasteiger partial charge >= 0.3 is 0 Å². The summed E-state index contributed by atoms with van der Waals surface area (Å²) in [5, 5.41) is 9.82. The minimum Gasteiger partial charge on any atom is -0.380 e. The van der Waals surface area contributed by atoms with Gasteiger partial charge in [-0.2, -0.15) is 0 Å². The van der Waals surface area contributed by atoms with Gasteiger partial charge in [0, 0.05) is 29.2 Å². The Bertz CT molecular complexity index is 883. The summed E-state index contributed by atoms with van der Waals surface area (Å²) in [7, 11) is 0. The Morgan fingerprint density at radius 2 is 1.88 bits per heavy atom. The van der Waals surface area contributed by atoms with Crippen LogP contribution in [0, 0.1) is 0 Å². The van der Waals surface area contributed by atoms with Gasteiger partial charge in [0.15, 0.2) is 0 Å². The van der Waals surface area contributed by atoms with Crippen LogP contribution in [-0.2, 0) is 17.6 Å². The molecule has 0 atom stereocenters. The number of aryl methyl sites for hydroxylation is 1. The Labute approximate surface area is 154 Å². The first-order chi connectivity index (χ1) is 12.8. The molecule has 3 N–H and O–H groups in total. The second-order valence-electron chi connectivity index (χ2n) is 6.66. The maximum Gasteiger partial charge on any atom is 0.243 e. The molecule has 0 unspecified atom stereocenters. The van der Waals surface area contributed by atoms with Gasteiger partial charge in [-0.15, -0.1) is 0 Å². The number of hydrogen-bond acceptors (Lipinski definition) is 3. The highest BCUT2D eigenvalue weighted by Gasteiger charge is 2.16. The summed E-state index contributed by atoms with van der Waals surface area (Å²) in [6.45, 7) is 0.289. The summed E-state index contributed by atoms with van der Waals surface area (Å²) in [5.41, 5.74) is 6.70. The molecule has 132 valence electrons. The van der Waals surface area contributed by atoms with Crippen LogP contribution in [0.15, 0.2) is 66.4 Å². The van der Waals surface area contributed by atoms with E-state index in [9.17, 15) is 4.79 Å². The molecule has 1 heterocycles. The summed E-state index contributed by atoms with van der Waals surface area (Å²) in [4.78, 5) is 12.4. The van der Waals surface area contributed by atoms with Gasteiger partial charge in [-0.1, -0.05) is 42.5 Å². The van der Waals surface area contributed by atoms with Crippen molar-refractivity contribution in [3.05, 3.63) is 77.5 Å². The predicted octanol–water partition coefficient (Wildman–Crippen LogP) is 4.29. The lowest BCUT2D eigenvalue weighted by atomic mass is 10.0. The van der Waals surface area contributed by atoms with Crippen LogP contribution < -0.4 is 16.0 Å². The van der Waals surface area contributed by atoms with Gasteiger partial charge in [0.2, 0.25) is 5.91 Å². The van der Waals surface area contributed by atoms with E-state index in [0.717, 1.165) is 54.0 Å². The van der Waals surface area contributed by atoms with Crippen molar-refractivity contribution in [1.29, 1.82) is 0 Å². The zero-order valence-corrected chi connectivity index (χ0v) is 14.7. The number of para-hydroxylation sites is 1. The molecule has 2 aliphatic rings. The number of anilines is 3. The van der Waals surface area contributed by atoms with Gasteiger partial charge in [-0.3, -0.25) is 4.79 Å². The molecule has 4 rings (SSSR count). The third kappa shape index (κ3) is 3.64. The zero-order valence-electron chi connectivity index (χ0n) is 14.7. The summed E-state index contributed by atoms with van der Waals surface area (Å²) >= 11 is 0. The first-order valence-corrected chi connectivity index (χ1v) is 9.14. The standard InChI is InChI=1S/C22H23N3O/c26-22(15-23-17-8-2-1-3-9-17)25-21-12-6-11-20-18(21)14-13-16-7-4-5-10-19(16)24-20/h1-2,4-7,9-12,23-24H,3,8,13-15H2,(H,25,26). The number of carbonyl (C=O) groups is 1. The molecule has 2 aromatic rings. The molecular formula is C22H23N3O. The molecule has 0 saturated carbocycles. The minimum absolute atomic E-state index is 0.0179. The average molecular weight is 345 g/mol. The van der Waals surface area contributed by atoms with E-state index in [1.165, 1.54) is 5.56 Å². The summed E-state index contributed by atoms with van der Waals surface area (Å²) in [6.07, 6.45) is 10.1. The number of hydrogen-bond donors (Lipinski definition) is 3. The van der Waals surface area contributed by atoms with Crippen LogP contribution in [-0.4, -0.2) is 12.5 Å². The Kier molecular flexibility index (Phi) is 4.73. The number of fused-ring (bicyclic) bond motifs is 2. The van der Waals surface area contributed by atoms with Gasteiger partial charge in [0.25, 0.3) is 0 Å². The Morgan fingerprint density at radius 1 is 1.00 bits per heavy atom. The van der Waals surface area contributed by atoms with Crippen molar-refractivity contribution in [3.63, 3.8) is 0 Å². The van der Waals surface area contributed by atoms with E-state index < -0.39 is 0 Å². The monoisotopic (exact) mass is 345 g/mol. The summed E-state index contributed by atoms with van der Waals surface area (Å²) in [5.74, 6) is -0.0179. The molecule has 0 fully saturated rings. The lowest BCUT2D eigenvalue weighted by Crippen LogP contribution is -2.28. The van der Waals surface area contributed by atoms with E-state index in [4.69, 9.17) is 0 Å². The van der Waals surface area contributed by atoms with Gasteiger partial charge in [-0.05, 0) is 48.6 Å². The van der Waals surface area contributed by atoms with Crippen molar-refractivity contribution < 1.29 is 4.79 Å². The number of rotatable bonds is 4. The molecule has 1 aliphatic carbocycles. The zero-order chi connectivity index (χ0) is 17.8. The topological polar surface area (TPSA) is 53.2 Å². The molecule has 0 spiro atoms. The molecule has 0 radical (unpaired) electrons. The second-order valence-corrected chi connectivity index (χ2v) is 6.66. The maximum atomic E-state index is 12.4. The van der Waals surface area contributed by atoms with E-state index in [2.05, 4.69) is 58.4 Å². The van der Waals surface area contributed by atoms with Crippen molar-refractivity contribution in [2.45, 2.75) is 25.7 Å². The lowest BCUT2D eigenvalue weighted by molar-refractivity contribution is -0.115. The third-order valence-electron chi connectivity index (χ3n) is 4.86. The predicted molar refractivity (Wildman–Crippen MR) is 107 cm³/mol. The van der Waals surface area contributed by atoms with Gasteiger partial charge in [-0.25, -0.2) is 0 Å². The molecule has 1 aliphatic heterocycles. The van der Waals surface area contributed by atoms with Crippen LogP contribution in [0.3, 0.4) is 0 Å². The minimum atomic E-state index is -0.0179. The third-order valence-corrected chi connectivity index (χ3v) is 4.86. The van der Waals surface area contributed by atoms with Crippen LogP contribution in [0.5, 0.6) is 0 Å². The van der Waals surface area contributed by atoms with E-state index in [1.54, 1.807) is 0 Å². The van der Waals surface area contributed by atoms with E-state index in [0.29, 0.717) is 0 Å². The first-order valence-electron chi connectivity index (χ1n) is 9.14. The molecule has 26 heavy (non-hydrogen) atoms. The first kappa shape index (κ1) is 16.5. The fourth-order valence-electron chi connectivity index (χ4n) is 3.49. The molecule has 4 heteroatoms. The summed E-state index contributed by atoms with van der Waals surface area (Å²) < 4.78 is 0. The smallest absolute Gasteiger partial charge is 0.243 e. The van der Waals surface area contributed by atoms with Crippen molar-refractivity contribution >= 4 is 23.0 Å². The van der Waals surface area contributed by atoms with Gasteiger partial charge in [0.1, 0.15) is 0 Å². The average Bonchev–Trinajstić information content (AvgIpc) is 2.87. The number of benzene rings is 2. The largest absolute Gasteiger partial charge is 0.380 e. The molecular weight excluding hydrogens is 322 g/mol. The van der Waals surface area contributed by atoms with E-state index >= 15 is 0 Å². The van der Waals surface area contributed by atoms with Crippen molar-refractivity contribution in [1.82, 2.24) is 5.32 Å². The molecule has 0 bridgehead atoms. The highest BCUT2D eigenvalue weighted by molar-refractivity contribution is 5.94. The highest BCUT2D eigenvalue weighted by atomic mass is 16.1. The van der Waals surface area contributed by atoms with Crippen LogP contribution in [0.25, 0.3) is 0 Å². The fraction of sp³-hybridized carbons (Fsp3) is 0.227. The number of amides is 1. The Hall–Kier alpha value is -3.01. The van der Waals surface area contributed by atoms with Gasteiger partial charge < -0.3 is 16.0 Å².